The van der Waals surface area contributed by atoms with Crippen molar-refractivity contribution in [2.75, 3.05) is 37.7 Å². The predicted molar refractivity (Wildman–Crippen MR) is 75.8 cm³/mol. The molecule has 1 aromatic heterocycles. The molecule has 2 aliphatic rings. The number of hydrogen-bond acceptors (Lipinski definition) is 4. The van der Waals surface area contributed by atoms with Gasteiger partial charge in [-0.1, -0.05) is 0 Å². The molecule has 0 bridgehead atoms. The largest absolute Gasteiger partial charge is 0.337 e. The maximum absolute atomic E-state index is 4.54. The van der Waals surface area contributed by atoms with Gasteiger partial charge in [0.2, 0.25) is 0 Å². The molecule has 2 atom stereocenters. The van der Waals surface area contributed by atoms with Crippen molar-refractivity contribution in [3.8, 4) is 0 Å². The molecule has 18 heavy (non-hydrogen) atoms. The van der Waals surface area contributed by atoms with Crippen molar-refractivity contribution in [2.45, 2.75) is 12.5 Å². The first kappa shape index (κ1) is 12.5. The fourth-order valence-electron chi connectivity index (χ4n) is 2.98. The van der Waals surface area contributed by atoms with Gasteiger partial charge >= 0.3 is 0 Å². The fourth-order valence-corrected chi connectivity index (χ4v) is 4.25. The van der Waals surface area contributed by atoms with Crippen LogP contribution in [0.15, 0.2) is 12.4 Å². The van der Waals surface area contributed by atoms with Gasteiger partial charge in [-0.25, -0.2) is 4.98 Å². The van der Waals surface area contributed by atoms with Crippen LogP contribution >= 0.6 is 11.8 Å². The average molecular weight is 266 g/mol. The van der Waals surface area contributed by atoms with Crippen LogP contribution in [-0.4, -0.2) is 52.1 Å². The Morgan fingerprint density at radius 1 is 1.56 bits per heavy atom. The maximum Gasteiger partial charge on any atom is 0.127 e. The summed E-state index contributed by atoms with van der Waals surface area (Å²) >= 11 is 2.11. The summed E-state index contributed by atoms with van der Waals surface area (Å²) in [6.45, 7) is 4.54. The van der Waals surface area contributed by atoms with Gasteiger partial charge < -0.3 is 9.88 Å². The van der Waals surface area contributed by atoms with E-state index in [0.717, 1.165) is 25.6 Å². The summed E-state index contributed by atoms with van der Waals surface area (Å²) in [6.07, 6.45) is 5.35. The van der Waals surface area contributed by atoms with E-state index in [0.29, 0.717) is 6.04 Å². The van der Waals surface area contributed by atoms with E-state index in [-0.39, 0.29) is 0 Å². The smallest absolute Gasteiger partial charge is 0.127 e. The predicted octanol–water partition coefficient (Wildman–Crippen LogP) is 1.12. The number of thioether (sulfide) groups is 1. The van der Waals surface area contributed by atoms with Crippen LogP contribution < -0.4 is 5.32 Å². The molecule has 0 saturated carbocycles. The van der Waals surface area contributed by atoms with Crippen molar-refractivity contribution in [1.82, 2.24) is 19.8 Å². The number of aromatic nitrogens is 2. The van der Waals surface area contributed by atoms with E-state index in [2.05, 4.69) is 38.6 Å². The molecule has 0 aliphatic carbocycles. The SMILES string of the molecule is Cn1ccnc1C1CNCCN1CC1CCSC1. The summed E-state index contributed by atoms with van der Waals surface area (Å²) in [5.74, 6) is 4.78. The second kappa shape index (κ2) is 5.63. The molecule has 2 fully saturated rings. The summed E-state index contributed by atoms with van der Waals surface area (Å²) in [7, 11) is 2.10. The molecule has 1 aromatic rings. The summed E-state index contributed by atoms with van der Waals surface area (Å²) in [5.41, 5.74) is 0. The molecule has 4 nitrogen and oxygen atoms in total. The topological polar surface area (TPSA) is 33.1 Å². The van der Waals surface area contributed by atoms with Crippen LogP contribution in [0.4, 0.5) is 0 Å². The lowest BCUT2D eigenvalue weighted by atomic mass is 10.1. The van der Waals surface area contributed by atoms with Gasteiger partial charge in [0.25, 0.3) is 0 Å². The highest BCUT2D eigenvalue weighted by molar-refractivity contribution is 7.99. The van der Waals surface area contributed by atoms with Crippen LogP contribution in [-0.2, 0) is 7.05 Å². The fraction of sp³-hybridized carbons (Fsp3) is 0.769. The van der Waals surface area contributed by atoms with Crippen LogP contribution in [0.1, 0.15) is 18.3 Å². The number of aryl methyl sites for hydroxylation is 1. The summed E-state index contributed by atoms with van der Waals surface area (Å²) in [4.78, 5) is 7.17. The molecular weight excluding hydrogens is 244 g/mol. The van der Waals surface area contributed by atoms with Crippen LogP contribution in [0.2, 0.25) is 0 Å². The van der Waals surface area contributed by atoms with Gasteiger partial charge in [0.05, 0.1) is 6.04 Å². The van der Waals surface area contributed by atoms with E-state index >= 15 is 0 Å². The molecule has 5 heteroatoms. The van der Waals surface area contributed by atoms with E-state index in [4.69, 9.17) is 0 Å². The highest BCUT2D eigenvalue weighted by atomic mass is 32.2. The zero-order chi connectivity index (χ0) is 12.4. The number of nitrogens with zero attached hydrogens (tertiary/aromatic N) is 3. The van der Waals surface area contributed by atoms with Crippen molar-refractivity contribution in [2.24, 2.45) is 13.0 Å². The first-order chi connectivity index (χ1) is 8.84. The van der Waals surface area contributed by atoms with Crippen molar-refractivity contribution in [1.29, 1.82) is 0 Å². The second-order valence-corrected chi connectivity index (χ2v) is 6.49. The normalized spacial score (nSPS) is 29.8. The molecule has 2 aliphatic heterocycles. The number of hydrogen-bond donors (Lipinski definition) is 1. The third kappa shape index (κ3) is 2.58. The second-order valence-electron chi connectivity index (χ2n) is 5.34. The van der Waals surface area contributed by atoms with Gasteiger partial charge in [-0.3, -0.25) is 4.90 Å². The molecule has 0 amide bonds. The Balaban J connectivity index is 1.71. The maximum atomic E-state index is 4.54. The van der Waals surface area contributed by atoms with Crippen LogP contribution in [0.3, 0.4) is 0 Å². The zero-order valence-corrected chi connectivity index (χ0v) is 11.8. The number of rotatable bonds is 3. The third-order valence-corrected chi connectivity index (χ3v) is 5.26. The molecule has 1 N–H and O–H groups in total. The minimum atomic E-state index is 0.448. The molecular formula is C13H22N4S. The molecule has 2 saturated heterocycles. The average Bonchev–Trinajstić information content (AvgIpc) is 3.02. The van der Waals surface area contributed by atoms with Crippen molar-refractivity contribution < 1.29 is 0 Å². The van der Waals surface area contributed by atoms with Crippen LogP contribution in [0, 0.1) is 5.92 Å². The van der Waals surface area contributed by atoms with E-state index in [1.807, 2.05) is 12.4 Å². The lowest BCUT2D eigenvalue weighted by Crippen LogP contribution is -2.48. The highest BCUT2D eigenvalue weighted by Crippen LogP contribution is 2.28. The third-order valence-electron chi connectivity index (χ3n) is 4.03. The van der Waals surface area contributed by atoms with Gasteiger partial charge in [-0.15, -0.1) is 0 Å². The molecule has 0 spiro atoms. The number of imidazole rings is 1. The molecule has 0 aromatic carbocycles. The summed E-state index contributed by atoms with van der Waals surface area (Å²) in [6, 6.07) is 0.448. The van der Waals surface area contributed by atoms with E-state index in [1.165, 1.54) is 30.3 Å². The van der Waals surface area contributed by atoms with E-state index in [1.54, 1.807) is 0 Å². The Kier molecular flexibility index (Phi) is 3.91. The van der Waals surface area contributed by atoms with Gasteiger partial charge in [0.15, 0.2) is 0 Å². The van der Waals surface area contributed by atoms with Crippen molar-refractivity contribution in [3.63, 3.8) is 0 Å². The first-order valence-corrected chi connectivity index (χ1v) is 8.00. The van der Waals surface area contributed by atoms with Gasteiger partial charge in [0, 0.05) is 45.6 Å². The molecule has 0 radical (unpaired) electrons. The van der Waals surface area contributed by atoms with Crippen LogP contribution in [0.25, 0.3) is 0 Å². The zero-order valence-electron chi connectivity index (χ0n) is 11.0. The minimum absolute atomic E-state index is 0.448. The van der Waals surface area contributed by atoms with Crippen molar-refractivity contribution in [3.05, 3.63) is 18.2 Å². The number of piperazine rings is 1. The first-order valence-electron chi connectivity index (χ1n) is 6.84. The quantitative estimate of drug-likeness (QED) is 0.889. The number of nitrogens with one attached hydrogen (secondary N) is 1. The molecule has 2 unspecified atom stereocenters. The van der Waals surface area contributed by atoms with Gasteiger partial charge in [-0.05, 0) is 23.8 Å². The van der Waals surface area contributed by atoms with E-state index in [9.17, 15) is 0 Å². The Bertz CT molecular complexity index is 386. The van der Waals surface area contributed by atoms with Gasteiger partial charge in [-0.2, -0.15) is 11.8 Å². The lowest BCUT2D eigenvalue weighted by Gasteiger charge is -2.37. The summed E-state index contributed by atoms with van der Waals surface area (Å²) < 4.78 is 2.16. The Labute approximate surface area is 113 Å². The van der Waals surface area contributed by atoms with Crippen molar-refractivity contribution >= 4 is 11.8 Å². The standard InChI is InChI=1S/C13H22N4S/c1-16-5-4-15-13(16)12-8-14-3-6-17(12)9-11-2-7-18-10-11/h4-5,11-12,14H,2-3,6-10H2,1H3. The van der Waals surface area contributed by atoms with Gasteiger partial charge in [0.1, 0.15) is 5.82 Å². The lowest BCUT2D eigenvalue weighted by molar-refractivity contribution is 0.134. The summed E-state index contributed by atoms with van der Waals surface area (Å²) in [5, 5.41) is 3.51. The minimum Gasteiger partial charge on any atom is -0.337 e. The monoisotopic (exact) mass is 266 g/mol. The van der Waals surface area contributed by atoms with Crippen LogP contribution in [0.5, 0.6) is 0 Å². The Morgan fingerprint density at radius 3 is 3.22 bits per heavy atom. The Morgan fingerprint density at radius 2 is 2.50 bits per heavy atom. The molecule has 3 heterocycles. The molecule has 3 rings (SSSR count). The Hall–Kier alpha value is -0.520. The van der Waals surface area contributed by atoms with E-state index < -0.39 is 0 Å². The highest BCUT2D eigenvalue weighted by Gasteiger charge is 2.29. The molecule has 100 valence electrons.